The molecule has 0 amide bonds. The summed E-state index contributed by atoms with van der Waals surface area (Å²) < 4.78 is 22.7. The third kappa shape index (κ3) is 16.4. The number of hydrogen-bond acceptors (Lipinski definition) is 8. The van der Waals surface area contributed by atoms with E-state index in [0.29, 0.717) is 40.3 Å². The first-order chi connectivity index (χ1) is 43.7. The van der Waals surface area contributed by atoms with Crippen molar-refractivity contribution in [2.75, 3.05) is 0 Å². The van der Waals surface area contributed by atoms with Crippen molar-refractivity contribution in [3.63, 3.8) is 0 Å². The molecule has 8 heteroatoms. The van der Waals surface area contributed by atoms with E-state index in [4.69, 9.17) is 17.7 Å². The van der Waals surface area contributed by atoms with E-state index >= 15 is 0 Å². The molecule has 0 saturated carbocycles. The highest BCUT2D eigenvalue weighted by Gasteiger charge is 2.16. The monoisotopic (exact) mass is 1210 g/mol. The number of aryl methyl sites for hydroxylation is 12. The van der Waals surface area contributed by atoms with Crippen LogP contribution in [0.25, 0.3) is 77.3 Å². The van der Waals surface area contributed by atoms with Crippen molar-refractivity contribution >= 4 is 43.9 Å². The van der Waals surface area contributed by atoms with Gasteiger partial charge in [0, 0.05) is 22.1 Å². The van der Waals surface area contributed by atoms with Crippen LogP contribution in [0, 0.1) is 0 Å². The van der Waals surface area contributed by atoms with Crippen LogP contribution in [0.4, 0.5) is 0 Å². The van der Waals surface area contributed by atoms with Crippen LogP contribution in [0.3, 0.4) is 0 Å². The van der Waals surface area contributed by atoms with Gasteiger partial charge in [-0.1, -0.05) is 196 Å². The van der Waals surface area contributed by atoms with Crippen molar-refractivity contribution in [2.24, 2.45) is 0 Å². The summed E-state index contributed by atoms with van der Waals surface area (Å²) in [5.41, 5.74) is 22.3. The largest absolute Gasteiger partial charge is 0.464 e. The number of fused-ring (bicyclic) bond motifs is 4. The Labute approximate surface area is 534 Å². The Morgan fingerprint density at radius 2 is 0.633 bits per heavy atom. The molecule has 0 bridgehead atoms. The minimum absolute atomic E-state index is 0.0560. The molecular formula is C82H96O8. The third-order valence-corrected chi connectivity index (χ3v) is 16.7. The van der Waals surface area contributed by atoms with Gasteiger partial charge < -0.3 is 17.7 Å². The molecule has 0 spiro atoms. The molecular weight excluding hydrogens is 1110 g/mol. The van der Waals surface area contributed by atoms with Crippen LogP contribution in [0.5, 0.6) is 0 Å². The van der Waals surface area contributed by atoms with Crippen molar-refractivity contribution in [3.8, 4) is 33.4 Å². The zero-order valence-corrected chi connectivity index (χ0v) is 56.6. The van der Waals surface area contributed by atoms with Crippen molar-refractivity contribution < 1.29 is 17.7 Å². The van der Waals surface area contributed by atoms with Crippen LogP contribution in [0.1, 0.15) is 178 Å². The van der Waals surface area contributed by atoms with Crippen LogP contribution in [-0.4, -0.2) is 0 Å². The van der Waals surface area contributed by atoms with Crippen LogP contribution in [0.15, 0.2) is 183 Å². The van der Waals surface area contributed by atoms with Gasteiger partial charge in [0.05, 0.1) is 34.2 Å². The molecule has 0 saturated heterocycles. The Bertz CT molecular complexity index is 4320. The van der Waals surface area contributed by atoms with Gasteiger partial charge in [-0.05, 0) is 197 Å². The van der Waals surface area contributed by atoms with Gasteiger partial charge in [-0.3, -0.25) is 14.4 Å². The average Bonchev–Trinajstić information content (AvgIpc) is 0.952. The van der Waals surface area contributed by atoms with E-state index in [9.17, 15) is 19.2 Å². The maximum absolute atomic E-state index is 13.0. The topological polar surface area (TPSA) is 121 Å². The lowest BCUT2D eigenvalue weighted by Crippen LogP contribution is -2.09. The van der Waals surface area contributed by atoms with E-state index in [-0.39, 0.29) is 21.9 Å². The van der Waals surface area contributed by atoms with Crippen LogP contribution < -0.4 is 21.9 Å². The zero-order chi connectivity index (χ0) is 65.6. The molecule has 0 unspecified atom stereocenters. The normalized spacial score (nSPS) is 10.7. The molecule has 0 aliphatic heterocycles. The summed E-state index contributed by atoms with van der Waals surface area (Å²) in [6, 6.07) is 43.8. The summed E-state index contributed by atoms with van der Waals surface area (Å²) in [6.45, 7) is 33.0. The van der Waals surface area contributed by atoms with Gasteiger partial charge >= 0.3 is 5.63 Å². The molecule has 0 atom stereocenters. The minimum atomic E-state index is -0.225. The summed E-state index contributed by atoms with van der Waals surface area (Å²) in [5.74, 6) is 0. The van der Waals surface area contributed by atoms with Crippen molar-refractivity contribution in [1.29, 1.82) is 0 Å². The minimum Gasteiger partial charge on any atom is -0.464 e. The van der Waals surface area contributed by atoms with E-state index in [0.717, 1.165) is 131 Å². The van der Waals surface area contributed by atoms with Crippen molar-refractivity contribution in [3.05, 3.63) is 254 Å². The van der Waals surface area contributed by atoms with Crippen molar-refractivity contribution in [1.82, 2.24) is 0 Å². The summed E-state index contributed by atoms with van der Waals surface area (Å²) in [4.78, 5) is 49.7. The summed E-state index contributed by atoms with van der Waals surface area (Å²) >= 11 is 0. The molecule has 0 N–H and O–H groups in total. The van der Waals surface area contributed by atoms with Gasteiger partial charge in [-0.25, -0.2) is 4.79 Å². The lowest BCUT2D eigenvalue weighted by Gasteiger charge is -2.11. The van der Waals surface area contributed by atoms with E-state index < -0.39 is 0 Å². The first kappa shape index (κ1) is 70.5. The second-order valence-electron chi connectivity index (χ2n) is 21.9. The van der Waals surface area contributed by atoms with Gasteiger partial charge in [0.2, 0.25) is 5.43 Å². The Balaban J connectivity index is 0.000000188. The lowest BCUT2D eigenvalue weighted by atomic mass is 9.95. The van der Waals surface area contributed by atoms with Gasteiger partial charge in [-0.2, -0.15) is 0 Å². The smallest absolute Gasteiger partial charge is 0.339 e. The summed E-state index contributed by atoms with van der Waals surface area (Å²) in [7, 11) is 0. The Kier molecular flexibility index (Phi) is 26.9. The Morgan fingerprint density at radius 1 is 0.278 bits per heavy atom. The number of benzene rings is 7. The molecule has 0 fully saturated rings. The fourth-order valence-corrected chi connectivity index (χ4v) is 11.1. The van der Waals surface area contributed by atoms with E-state index in [1.807, 2.05) is 97.0 Å². The Morgan fingerprint density at radius 3 is 1.06 bits per heavy atom. The number of rotatable bonds is 15. The summed E-state index contributed by atoms with van der Waals surface area (Å²) in [6.07, 6.45) is 15.4. The molecule has 0 aliphatic rings. The molecule has 8 nitrogen and oxygen atoms in total. The Hall–Kier alpha value is -8.62. The second-order valence-corrected chi connectivity index (χ2v) is 21.9. The number of hydrogen-bond donors (Lipinski definition) is 0. The first-order valence-corrected chi connectivity index (χ1v) is 33.3. The highest BCUT2D eigenvalue weighted by molar-refractivity contribution is 5.88. The van der Waals surface area contributed by atoms with Crippen molar-refractivity contribution in [2.45, 2.75) is 188 Å². The lowest BCUT2D eigenvalue weighted by molar-refractivity contribution is 0.551. The molecule has 0 aliphatic carbocycles. The zero-order valence-electron chi connectivity index (χ0n) is 56.6. The quantitative estimate of drug-likeness (QED) is 0.0931. The van der Waals surface area contributed by atoms with Gasteiger partial charge in [0.1, 0.15) is 28.6 Å². The fraction of sp³-hybridized carbons (Fsp3) is 0.341. The fourth-order valence-electron chi connectivity index (χ4n) is 11.1. The molecule has 0 radical (unpaired) electrons. The molecule has 90 heavy (non-hydrogen) atoms. The molecule has 472 valence electrons. The maximum Gasteiger partial charge on any atom is 0.339 e. The standard InChI is InChI=1S/3C21H22O2.C15H18O2.2C2H6/c1-4-14-7-9-17(10-8-14)18-12-20-19(11-15(18)5-2)21(22)16(6-3)13-23-20;1-4-14-7-9-17(10-8-14)19-13-20-18(11-15(19)5-2)12-16(6-3)21(22)23-20;1-4-14-7-9-17(10-8-14)19-13-23-21-16(6-3)11-15(5-2)12-18(21)20(19)22;1-4-10-7-11(5-2)15-13(8-10)14(16)12(6-3)9-17-15;2*1-2/h3*7-13H,4-6H2,1-3H3;7-9H,4-6H2,1-3H3;2*1-2H3. The van der Waals surface area contributed by atoms with Crippen LogP contribution >= 0.6 is 0 Å². The highest BCUT2D eigenvalue weighted by atomic mass is 16.4. The third-order valence-electron chi connectivity index (χ3n) is 16.7. The van der Waals surface area contributed by atoms with E-state index in [1.165, 1.54) is 50.1 Å². The van der Waals surface area contributed by atoms with Gasteiger partial charge in [0.25, 0.3) is 0 Å². The predicted molar refractivity (Wildman–Crippen MR) is 381 cm³/mol. The van der Waals surface area contributed by atoms with E-state index in [2.05, 4.69) is 141 Å². The SMILES string of the molecule is CC.CC.CCc1cc(CC)c2occ(CC)c(=O)c2c1.CCc1ccc(-c2cc3oc(=O)c(CC)cc3cc2CC)cc1.CCc1ccc(-c2cc3occ(CC)c(=O)c3cc2CC)cc1.CCc1ccc(-c2coc3c(CC)cc(CC)cc3c2=O)cc1. The second kappa shape index (κ2) is 34.4. The van der Waals surface area contributed by atoms with Crippen LogP contribution in [-0.2, 0) is 77.0 Å². The average molecular weight is 1210 g/mol. The van der Waals surface area contributed by atoms with Gasteiger partial charge in [0.15, 0.2) is 10.9 Å². The molecule has 11 aromatic rings. The summed E-state index contributed by atoms with van der Waals surface area (Å²) in [5, 5.41) is 3.13. The molecule has 4 aromatic heterocycles. The maximum atomic E-state index is 13.0. The predicted octanol–water partition coefficient (Wildman–Crippen LogP) is 21.0. The highest BCUT2D eigenvalue weighted by Crippen LogP contribution is 2.32. The van der Waals surface area contributed by atoms with Gasteiger partial charge in [-0.15, -0.1) is 0 Å². The van der Waals surface area contributed by atoms with Crippen LogP contribution in [0.2, 0.25) is 0 Å². The first-order valence-electron chi connectivity index (χ1n) is 33.3. The molecule has 7 aromatic carbocycles. The molecule has 11 rings (SSSR count). The molecule has 4 heterocycles. The van der Waals surface area contributed by atoms with E-state index in [1.54, 1.807) is 18.8 Å².